The monoisotopic (exact) mass is 321 g/mol. The molecule has 0 amide bonds. The van der Waals surface area contributed by atoms with Crippen LogP contribution in [0, 0.1) is 13.8 Å². The molecule has 0 bridgehead atoms. The Morgan fingerprint density at radius 2 is 1.95 bits per heavy atom. The minimum atomic E-state index is -3.98. The summed E-state index contributed by atoms with van der Waals surface area (Å²) in [5.74, 6) is -2.59. The van der Waals surface area contributed by atoms with Crippen molar-refractivity contribution in [2.24, 2.45) is 0 Å². The number of carboxylic acids is 2. The normalized spacial score (nSPS) is 13.1. The summed E-state index contributed by atoms with van der Waals surface area (Å²) in [5.41, 5.74) is 0. The topological polar surface area (TPSA) is 121 Å². The highest BCUT2D eigenvalue weighted by atomic mass is 32.2. The number of rotatable bonds is 7. The van der Waals surface area contributed by atoms with Crippen LogP contribution in [0.1, 0.15) is 22.6 Å². The molecule has 1 heterocycles. The highest BCUT2D eigenvalue weighted by Gasteiger charge is 2.27. The van der Waals surface area contributed by atoms with Crippen molar-refractivity contribution in [3.63, 3.8) is 0 Å². The van der Waals surface area contributed by atoms with Crippen molar-refractivity contribution < 1.29 is 28.2 Å². The maximum Gasteiger partial charge on any atom is 0.321 e. The molecule has 112 valence electrons. The number of sulfonamides is 1. The summed E-state index contributed by atoms with van der Waals surface area (Å²) >= 11 is 1.29. The molecule has 0 aliphatic carbocycles. The number of hydrogen-bond acceptors (Lipinski definition) is 5. The van der Waals surface area contributed by atoms with Crippen LogP contribution < -0.4 is 4.72 Å². The molecule has 1 rings (SSSR count). The second-order valence-corrected chi connectivity index (χ2v) is 7.36. The predicted octanol–water partition coefficient (Wildman–Crippen LogP) is 0.961. The third-order valence-electron chi connectivity index (χ3n) is 2.53. The number of nitrogens with one attached hydrogen (secondary N) is 1. The van der Waals surface area contributed by atoms with Gasteiger partial charge in [0.15, 0.2) is 0 Å². The van der Waals surface area contributed by atoms with E-state index in [2.05, 4.69) is 0 Å². The first-order valence-electron chi connectivity index (χ1n) is 5.67. The number of aliphatic carboxylic acids is 2. The van der Waals surface area contributed by atoms with Crippen LogP contribution in [-0.4, -0.2) is 36.6 Å². The zero-order chi connectivity index (χ0) is 15.5. The van der Waals surface area contributed by atoms with E-state index in [-0.39, 0.29) is 11.3 Å². The van der Waals surface area contributed by atoms with E-state index in [4.69, 9.17) is 10.2 Å². The molecule has 20 heavy (non-hydrogen) atoms. The summed E-state index contributed by atoms with van der Waals surface area (Å²) < 4.78 is 26.3. The summed E-state index contributed by atoms with van der Waals surface area (Å²) in [7, 11) is -3.98. The summed E-state index contributed by atoms with van der Waals surface area (Å²) in [6, 6.07) is -0.00552. The Kier molecular flexibility index (Phi) is 5.26. The van der Waals surface area contributed by atoms with E-state index >= 15 is 0 Å². The molecule has 0 saturated carbocycles. The van der Waals surface area contributed by atoms with Gasteiger partial charge in [-0.3, -0.25) is 9.59 Å². The fraction of sp³-hybridized carbons (Fsp3) is 0.455. The van der Waals surface area contributed by atoms with Crippen molar-refractivity contribution >= 4 is 33.3 Å². The van der Waals surface area contributed by atoms with E-state index < -0.39 is 34.4 Å². The molecule has 0 unspecified atom stereocenters. The van der Waals surface area contributed by atoms with Gasteiger partial charge in [0.05, 0.1) is 4.90 Å². The van der Waals surface area contributed by atoms with Gasteiger partial charge in [0, 0.05) is 16.2 Å². The molecule has 0 aromatic carbocycles. The first kappa shape index (κ1) is 16.6. The molecule has 7 nitrogen and oxygen atoms in total. The third kappa shape index (κ3) is 4.29. The van der Waals surface area contributed by atoms with Gasteiger partial charge in [0.25, 0.3) is 0 Å². The maximum absolute atomic E-state index is 12.1. The second-order valence-electron chi connectivity index (χ2n) is 4.22. The average molecular weight is 321 g/mol. The van der Waals surface area contributed by atoms with Crippen LogP contribution in [0.3, 0.4) is 0 Å². The first-order valence-corrected chi connectivity index (χ1v) is 7.97. The molecule has 0 fully saturated rings. The predicted molar refractivity (Wildman–Crippen MR) is 72.4 cm³/mol. The second kappa shape index (κ2) is 6.33. The van der Waals surface area contributed by atoms with Crippen molar-refractivity contribution in [3.05, 3.63) is 15.8 Å². The Balaban J connectivity index is 2.94. The van der Waals surface area contributed by atoms with Gasteiger partial charge in [-0.1, -0.05) is 0 Å². The van der Waals surface area contributed by atoms with Crippen molar-refractivity contribution in [1.82, 2.24) is 4.72 Å². The Labute approximate surface area is 120 Å². The summed E-state index contributed by atoms with van der Waals surface area (Å²) in [6.07, 6.45) is -0.743. The van der Waals surface area contributed by atoms with Gasteiger partial charge in [-0.05, 0) is 26.3 Å². The van der Waals surface area contributed by atoms with E-state index in [9.17, 15) is 18.0 Å². The fourth-order valence-electron chi connectivity index (χ4n) is 1.63. The molecule has 0 spiro atoms. The fourth-order valence-corrected chi connectivity index (χ4v) is 4.40. The SMILES string of the molecule is Cc1cc(S(=O)(=O)N[C@@H](CCC(=O)O)C(=O)O)c(C)s1. The zero-order valence-electron chi connectivity index (χ0n) is 10.9. The van der Waals surface area contributed by atoms with Crippen molar-refractivity contribution in [1.29, 1.82) is 0 Å². The largest absolute Gasteiger partial charge is 0.481 e. The van der Waals surface area contributed by atoms with Gasteiger partial charge >= 0.3 is 11.9 Å². The quantitative estimate of drug-likeness (QED) is 0.688. The lowest BCUT2D eigenvalue weighted by atomic mass is 10.2. The van der Waals surface area contributed by atoms with Gasteiger partial charge in [-0.25, -0.2) is 8.42 Å². The lowest BCUT2D eigenvalue weighted by Crippen LogP contribution is -2.41. The van der Waals surface area contributed by atoms with Gasteiger partial charge in [0.2, 0.25) is 10.0 Å². The number of carboxylic acid groups (broad SMARTS) is 2. The van der Waals surface area contributed by atoms with Crippen molar-refractivity contribution in [2.75, 3.05) is 0 Å². The Hall–Kier alpha value is -1.45. The molecular formula is C11H15NO6S2. The lowest BCUT2D eigenvalue weighted by molar-refractivity contribution is -0.140. The minimum Gasteiger partial charge on any atom is -0.481 e. The van der Waals surface area contributed by atoms with E-state index in [0.29, 0.717) is 4.88 Å². The maximum atomic E-state index is 12.1. The molecule has 1 aromatic rings. The van der Waals surface area contributed by atoms with E-state index in [1.165, 1.54) is 17.4 Å². The summed E-state index contributed by atoms with van der Waals surface area (Å²) in [6.45, 7) is 3.37. The highest BCUT2D eigenvalue weighted by Crippen LogP contribution is 2.25. The Morgan fingerprint density at radius 1 is 1.35 bits per heavy atom. The number of hydrogen-bond donors (Lipinski definition) is 3. The van der Waals surface area contributed by atoms with E-state index in [1.807, 2.05) is 4.72 Å². The van der Waals surface area contributed by atoms with Crippen molar-refractivity contribution in [3.8, 4) is 0 Å². The molecule has 0 aliphatic heterocycles. The first-order chi connectivity index (χ1) is 9.13. The van der Waals surface area contributed by atoms with E-state index in [0.717, 1.165) is 4.88 Å². The van der Waals surface area contributed by atoms with Crippen LogP contribution in [0.25, 0.3) is 0 Å². The number of aryl methyl sites for hydroxylation is 2. The molecule has 1 atom stereocenters. The molecule has 3 N–H and O–H groups in total. The summed E-state index contributed by atoms with van der Waals surface area (Å²) in [5, 5.41) is 17.5. The third-order valence-corrected chi connectivity index (χ3v) is 5.22. The van der Waals surface area contributed by atoms with Gasteiger partial charge in [-0.2, -0.15) is 4.72 Å². The van der Waals surface area contributed by atoms with Gasteiger partial charge in [-0.15, -0.1) is 11.3 Å². The van der Waals surface area contributed by atoms with Crippen LogP contribution in [0.2, 0.25) is 0 Å². The minimum absolute atomic E-state index is 0.0292. The highest BCUT2D eigenvalue weighted by molar-refractivity contribution is 7.89. The Bertz CT molecular complexity index is 619. The molecular weight excluding hydrogens is 306 g/mol. The van der Waals surface area contributed by atoms with Crippen LogP contribution in [0.15, 0.2) is 11.0 Å². The Morgan fingerprint density at radius 3 is 2.35 bits per heavy atom. The molecule has 0 radical (unpaired) electrons. The van der Waals surface area contributed by atoms with Crippen molar-refractivity contribution in [2.45, 2.75) is 37.6 Å². The number of carbonyl (C=O) groups is 2. The molecule has 9 heteroatoms. The molecule has 0 aliphatic rings. The smallest absolute Gasteiger partial charge is 0.321 e. The summed E-state index contributed by atoms with van der Waals surface area (Å²) in [4.78, 5) is 22.8. The molecule has 0 saturated heterocycles. The van der Waals surface area contributed by atoms with Gasteiger partial charge < -0.3 is 10.2 Å². The van der Waals surface area contributed by atoms with Crippen LogP contribution >= 0.6 is 11.3 Å². The standard InChI is InChI=1S/C11H15NO6S2/c1-6-5-9(7(2)19-6)20(17,18)12-8(11(15)16)3-4-10(13)14/h5,8,12H,3-4H2,1-2H3,(H,13,14)(H,15,16)/t8-/m0/s1. The average Bonchev–Trinajstić information content (AvgIpc) is 2.64. The lowest BCUT2D eigenvalue weighted by Gasteiger charge is -2.13. The van der Waals surface area contributed by atoms with Gasteiger partial charge in [0.1, 0.15) is 6.04 Å². The van der Waals surface area contributed by atoms with Crippen LogP contribution in [0.5, 0.6) is 0 Å². The van der Waals surface area contributed by atoms with E-state index in [1.54, 1.807) is 13.8 Å². The zero-order valence-corrected chi connectivity index (χ0v) is 12.5. The van der Waals surface area contributed by atoms with Crippen LogP contribution in [-0.2, 0) is 19.6 Å². The number of thiophene rings is 1. The molecule has 1 aromatic heterocycles. The van der Waals surface area contributed by atoms with Crippen LogP contribution in [0.4, 0.5) is 0 Å².